The maximum Gasteiger partial charge on any atom is 0.143 e. The number of imidazole rings is 1. The fourth-order valence-corrected chi connectivity index (χ4v) is 2.74. The second kappa shape index (κ2) is 4.76. The summed E-state index contributed by atoms with van der Waals surface area (Å²) in [5.41, 5.74) is 1.62. The smallest absolute Gasteiger partial charge is 0.143 e. The van der Waals surface area contributed by atoms with Crippen molar-refractivity contribution in [1.29, 1.82) is 0 Å². The summed E-state index contributed by atoms with van der Waals surface area (Å²) >= 11 is 5.96. The van der Waals surface area contributed by atoms with Gasteiger partial charge < -0.3 is 5.01 Å². The molecule has 0 unspecified atom stereocenters. The zero-order valence-corrected chi connectivity index (χ0v) is 10.8. The third-order valence-electron chi connectivity index (χ3n) is 3.39. The molecule has 0 spiro atoms. The molecule has 1 saturated heterocycles. The van der Waals surface area contributed by atoms with Crippen LogP contribution in [-0.4, -0.2) is 22.7 Å². The molecule has 0 amide bonds. The van der Waals surface area contributed by atoms with Gasteiger partial charge in [0, 0.05) is 19.2 Å². The maximum atomic E-state index is 13.4. The molecule has 1 aliphatic heterocycles. The van der Waals surface area contributed by atoms with Crippen molar-refractivity contribution in [3.63, 3.8) is 0 Å². The van der Waals surface area contributed by atoms with Crippen LogP contribution in [0.5, 0.6) is 0 Å². The highest BCUT2D eigenvalue weighted by atomic mass is 35.5. The number of benzene rings is 1. The van der Waals surface area contributed by atoms with E-state index in [4.69, 9.17) is 11.6 Å². The molecule has 18 heavy (non-hydrogen) atoms. The minimum absolute atomic E-state index is 0.234. The van der Waals surface area contributed by atoms with Gasteiger partial charge >= 0.3 is 0 Å². The first-order chi connectivity index (χ1) is 8.79. The van der Waals surface area contributed by atoms with Crippen molar-refractivity contribution < 1.29 is 4.39 Å². The molecule has 2 heterocycles. The molecule has 0 saturated carbocycles. The summed E-state index contributed by atoms with van der Waals surface area (Å²) in [5, 5.41) is 2.22. The lowest BCUT2D eigenvalue weighted by Gasteiger charge is -2.31. The molecule has 0 radical (unpaired) electrons. The van der Waals surface area contributed by atoms with Crippen molar-refractivity contribution in [2.75, 3.05) is 18.1 Å². The summed E-state index contributed by atoms with van der Waals surface area (Å²) in [5.74, 6) is 0.897. The lowest BCUT2D eigenvalue weighted by atomic mass is 10.2. The second-order valence-electron chi connectivity index (χ2n) is 4.62. The number of rotatable bonds is 2. The third-order valence-corrected chi connectivity index (χ3v) is 3.63. The summed E-state index contributed by atoms with van der Waals surface area (Å²) in [7, 11) is 0. The Morgan fingerprint density at radius 3 is 2.72 bits per heavy atom. The summed E-state index contributed by atoms with van der Waals surface area (Å²) in [6.07, 6.45) is 3.58. The Morgan fingerprint density at radius 2 is 2.00 bits per heavy atom. The molecule has 3 nitrogen and oxygen atoms in total. The Morgan fingerprint density at radius 1 is 1.22 bits per heavy atom. The molecule has 5 heteroatoms. The molecule has 0 atom stereocenters. The number of hydrogen-bond acceptors (Lipinski definition) is 2. The topological polar surface area (TPSA) is 21.1 Å². The first kappa shape index (κ1) is 11.8. The van der Waals surface area contributed by atoms with Gasteiger partial charge in [-0.05, 0) is 31.4 Å². The van der Waals surface area contributed by atoms with Crippen LogP contribution in [0.1, 0.15) is 25.1 Å². The molecule has 3 rings (SSSR count). The van der Waals surface area contributed by atoms with Crippen LogP contribution in [0.4, 0.5) is 4.39 Å². The van der Waals surface area contributed by atoms with E-state index in [2.05, 4.69) is 9.99 Å². The Kier molecular flexibility index (Phi) is 3.12. The van der Waals surface area contributed by atoms with E-state index in [1.54, 1.807) is 6.07 Å². The van der Waals surface area contributed by atoms with Crippen molar-refractivity contribution in [2.45, 2.75) is 25.1 Å². The molecule has 1 aromatic heterocycles. The van der Waals surface area contributed by atoms with Crippen LogP contribution in [0, 0.1) is 5.82 Å². The maximum absolute atomic E-state index is 13.4. The van der Waals surface area contributed by atoms with Crippen LogP contribution in [0.3, 0.4) is 0 Å². The Labute approximate surface area is 110 Å². The fraction of sp³-hybridized carbons (Fsp3) is 0.462. The van der Waals surface area contributed by atoms with Gasteiger partial charge in [-0.15, -0.1) is 11.6 Å². The van der Waals surface area contributed by atoms with E-state index >= 15 is 0 Å². The minimum Gasteiger partial charge on any atom is -0.311 e. The summed E-state index contributed by atoms with van der Waals surface area (Å²) in [6.45, 7) is 1.96. The molecule has 1 fully saturated rings. The first-order valence-corrected chi connectivity index (χ1v) is 6.81. The van der Waals surface area contributed by atoms with E-state index in [0.717, 1.165) is 42.8 Å². The van der Waals surface area contributed by atoms with E-state index in [1.807, 2.05) is 4.68 Å². The fourth-order valence-electron chi connectivity index (χ4n) is 2.57. The van der Waals surface area contributed by atoms with Crippen molar-refractivity contribution in [1.82, 2.24) is 9.66 Å². The minimum atomic E-state index is -0.234. The van der Waals surface area contributed by atoms with E-state index in [0.29, 0.717) is 5.88 Å². The van der Waals surface area contributed by atoms with Crippen LogP contribution in [0.2, 0.25) is 0 Å². The van der Waals surface area contributed by atoms with E-state index < -0.39 is 0 Å². The molecular weight excluding hydrogens is 253 g/mol. The lowest BCUT2D eigenvalue weighted by molar-refractivity contribution is 0.478. The highest BCUT2D eigenvalue weighted by Crippen LogP contribution is 2.21. The molecule has 96 valence electrons. The lowest BCUT2D eigenvalue weighted by Crippen LogP contribution is -2.39. The average Bonchev–Trinajstić information content (AvgIpc) is 2.77. The normalized spacial score (nSPS) is 16.4. The van der Waals surface area contributed by atoms with E-state index in [-0.39, 0.29) is 5.82 Å². The van der Waals surface area contributed by atoms with Gasteiger partial charge in [0.2, 0.25) is 0 Å². The van der Waals surface area contributed by atoms with Crippen molar-refractivity contribution in [2.24, 2.45) is 0 Å². The SMILES string of the molecule is Fc1ccc2nc(CCl)n(N3CCCCC3)c2c1. The molecule has 0 N–H and O–H groups in total. The molecule has 1 aromatic carbocycles. The summed E-state index contributed by atoms with van der Waals surface area (Å²) in [4.78, 5) is 4.47. The van der Waals surface area contributed by atoms with Gasteiger partial charge in [-0.2, -0.15) is 0 Å². The monoisotopic (exact) mass is 267 g/mol. The van der Waals surface area contributed by atoms with Crippen LogP contribution in [-0.2, 0) is 5.88 Å². The molecule has 0 aliphatic carbocycles. The zero-order chi connectivity index (χ0) is 12.5. The van der Waals surface area contributed by atoms with Gasteiger partial charge in [-0.1, -0.05) is 0 Å². The van der Waals surface area contributed by atoms with Crippen LogP contribution in [0.25, 0.3) is 11.0 Å². The third kappa shape index (κ3) is 1.94. The predicted molar refractivity (Wildman–Crippen MR) is 71.1 cm³/mol. The van der Waals surface area contributed by atoms with Crippen molar-refractivity contribution in [3.8, 4) is 0 Å². The number of fused-ring (bicyclic) bond motifs is 1. The molecule has 0 bridgehead atoms. The molecule has 1 aliphatic rings. The largest absolute Gasteiger partial charge is 0.311 e. The Bertz CT molecular complexity index is 561. The number of halogens is 2. The number of alkyl halides is 1. The molecule has 2 aromatic rings. The standard InChI is InChI=1S/C13H15ClFN3/c14-9-13-16-11-5-4-10(15)8-12(11)18(13)17-6-2-1-3-7-17/h4-5,8H,1-3,6-7,9H2. The van der Waals surface area contributed by atoms with Crippen LogP contribution in [0.15, 0.2) is 18.2 Å². The second-order valence-corrected chi connectivity index (χ2v) is 4.89. The quantitative estimate of drug-likeness (QED) is 0.780. The van der Waals surface area contributed by atoms with Gasteiger partial charge in [0.15, 0.2) is 0 Å². The summed E-state index contributed by atoms with van der Waals surface area (Å²) < 4.78 is 15.4. The van der Waals surface area contributed by atoms with Crippen molar-refractivity contribution >= 4 is 22.6 Å². The van der Waals surface area contributed by atoms with Crippen molar-refractivity contribution in [3.05, 3.63) is 29.8 Å². The van der Waals surface area contributed by atoms with E-state index in [9.17, 15) is 4.39 Å². The highest BCUT2D eigenvalue weighted by Gasteiger charge is 2.18. The van der Waals surface area contributed by atoms with E-state index in [1.165, 1.54) is 18.6 Å². The van der Waals surface area contributed by atoms with Gasteiger partial charge in [-0.25, -0.2) is 14.1 Å². The zero-order valence-electron chi connectivity index (χ0n) is 10.1. The van der Waals surface area contributed by atoms with Gasteiger partial charge in [0.1, 0.15) is 11.6 Å². The molecular formula is C13H15ClFN3. The predicted octanol–water partition coefficient (Wildman–Crippen LogP) is 3.04. The van der Waals surface area contributed by atoms with Gasteiger partial charge in [0.25, 0.3) is 0 Å². The first-order valence-electron chi connectivity index (χ1n) is 6.27. The van der Waals surface area contributed by atoms with Gasteiger partial charge in [0.05, 0.1) is 16.9 Å². The number of piperidine rings is 1. The summed E-state index contributed by atoms with van der Waals surface area (Å²) in [6, 6.07) is 4.68. The number of hydrogen-bond donors (Lipinski definition) is 0. The van der Waals surface area contributed by atoms with Crippen LogP contribution < -0.4 is 5.01 Å². The van der Waals surface area contributed by atoms with Gasteiger partial charge in [-0.3, -0.25) is 0 Å². The van der Waals surface area contributed by atoms with Crippen LogP contribution >= 0.6 is 11.6 Å². The Balaban J connectivity index is 2.14. The highest BCUT2D eigenvalue weighted by molar-refractivity contribution is 6.16. The number of aromatic nitrogens is 2. The average molecular weight is 268 g/mol. The number of nitrogens with zero attached hydrogens (tertiary/aromatic N) is 3. The Hall–Kier alpha value is -1.29.